The first kappa shape index (κ1) is 18.0. The van der Waals surface area contributed by atoms with Crippen molar-refractivity contribution in [2.24, 2.45) is 5.92 Å². The Morgan fingerprint density at radius 2 is 1.78 bits per heavy atom. The SMILES string of the molecule is O=C(Nc1ccc(Cl)cn1)C1CCCN(c2cc(N3CCCC3)ncn2)C1. The van der Waals surface area contributed by atoms with Crippen LogP contribution in [0.4, 0.5) is 17.5 Å². The fraction of sp³-hybridized carbons (Fsp3) is 0.474. The van der Waals surface area contributed by atoms with Crippen molar-refractivity contribution in [1.29, 1.82) is 0 Å². The minimum atomic E-state index is -0.0959. The second-order valence-corrected chi connectivity index (χ2v) is 7.50. The van der Waals surface area contributed by atoms with Crippen LogP contribution in [0.15, 0.2) is 30.7 Å². The van der Waals surface area contributed by atoms with Gasteiger partial charge in [-0.1, -0.05) is 11.6 Å². The summed E-state index contributed by atoms with van der Waals surface area (Å²) in [5.74, 6) is 2.30. The van der Waals surface area contributed by atoms with E-state index in [0.29, 0.717) is 17.4 Å². The molecule has 0 saturated carbocycles. The number of halogens is 1. The molecule has 4 heterocycles. The van der Waals surface area contributed by atoms with E-state index in [1.165, 1.54) is 19.0 Å². The zero-order valence-electron chi connectivity index (χ0n) is 15.1. The van der Waals surface area contributed by atoms with Crippen LogP contribution >= 0.6 is 11.6 Å². The molecule has 8 heteroatoms. The molecule has 2 aliphatic rings. The molecule has 0 bridgehead atoms. The third-order valence-electron chi connectivity index (χ3n) is 5.16. The Balaban J connectivity index is 1.42. The van der Waals surface area contributed by atoms with E-state index in [2.05, 4.69) is 30.1 Å². The minimum absolute atomic E-state index is 0.0108. The summed E-state index contributed by atoms with van der Waals surface area (Å²) in [6.45, 7) is 3.65. The van der Waals surface area contributed by atoms with Crippen molar-refractivity contribution >= 4 is 35.0 Å². The first-order chi connectivity index (χ1) is 13.2. The van der Waals surface area contributed by atoms with Crippen molar-refractivity contribution in [1.82, 2.24) is 15.0 Å². The lowest BCUT2D eigenvalue weighted by atomic mass is 9.97. The second kappa shape index (κ2) is 8.08. The average Bonchev–Trinajstić information content (AvgIpc) is 3.25. The third-order valence-corrected chi connectivity index (χ3v) is 5.39. The lowest BCUT2D eigenvalue weighted by Gasteiger charge is -2.33. The predicted molar refractivity (Wildman–Crippen MR) is 106 cm³/mol. The molecular formula is C19H23ClN6O. The predicted octanol–water partition coefficient (Wildman–Crippen LogP) is 2.98. The Morgan fingerprint density at radius 1 is 1.04 bits per heavy atom. The number of carbonyl (C=O) groups excluding carboxylic acids is 1. The first-order valence-corrected chi connectivity index (χ1v) is 9.81. The van der Waals surface area contributed by atoms with Gasteiger partial charge in [0, 0.05) is 38.4 Å². The number of aromatic nitrogens is 3. The van der Waals surface area contributed by atoms with Gasteiger partial charge in [-0.2, -0.15) is 0 Å². The van der Waals surface area contributed by atoms with Gasteiger partial charge >= 0.3 is 0 Å². The molecular weight excluding hydrogens is 364 g/mol. The number of nitrogens with zero attached hydrogens (tertiary/aromatic N) is 5. The molecule has 0 radical (unpaired) electrons. The van der Waals surface area contributed by atoms with Crippen LogP contribution in [0, 0.1) is 5.92 Å². The number of hydrogen-bond acceptors (Lipinski definition) is 6. The quantitative estimate of drug-likeness (QED) is 0.870. The van der Waals surface area contributed by atoms with Crippen molar-refractivity contribution in [2.75, 3.05) is 41.3 Å². The molecule has 1 unspecified atom stereocenters. The molecule has 4 rings (SSSR count). The number of rotatable bonds is 4. The van der Waals surface area contributed by atoms with Crippen LogP contribution in [0.2, 0.25) is 5.02 Å². The fourth-order valence-electron chi connectivity index (χ4n) is 3.71. The van der Waals surface area contributed by atoms with Crippen molar-refractivity contribution in [3.05, 3.63) is 35.7 Å². The largest absolute Gasteiger partial charge is 0.356 e. The lowest BCUT2D eigenvalue weighted by Crippen LogP contribution is -2.41. The van der Waals surface area contributed by atoms with E-state index in [9.17, 15) is 4.79 Å². The number of hydrogen-bond donors (Lipinski definition) is 1. The summed E-state index contributed by atoms with van der Waals surface area (Å²) >= 11 is 5.85. The van der Waals surface area contributed by atoms with Gasteiger partial charge in [0.25, 0.3) is 0 Å². The van der Waals surface area contributed by atoms with E-state index < -0.39 is 0 Å². The molecule has 1 N–H and O–H groups in total. The number of amides is 1. The summed E-state index contributed by atoms with van der Waals surface area (Å²) in [4.78, 5) is 30.2. The molecule has 2 aromatic heterocycles. The van der Waals surface area contributed by atoms with Gasteiger partial charge in [-0.05, 0) is 37.8 Å². The molecule has 1 amide bonds. The standard InChI is InChI=1S/C19H23ClN6O/c20-15-5-6-16(21-11-15)24-19(27)14-4-3-9-26(12-14)18-10-17(22-13-23-18)25-7-1-2-8-25/h5-6,10-11,13-14H,1-4,7-9,12H2,(H,21,24,27). The second-order valence-electron chi connectivity index (χ2n) is 7.06. The summed E-state index contributed by atoms with van der Waals surface area (Å²) in [6.07, 6.45) is 7.40. The van der Waals surface area contributed by atoms with E-state index in [1.54, 1.807) is 18.5 Å². The highest BCUT2D eigenvalue weighted by molar-refractivity contribution is 6.30. The summed E-state index contributed by atoms with van der Waals surface area (Å²) in [5, 5.41) is 3.44. The maximum absolute atomic E-state index is 12.7. The summed E-state index contributed by atoms with van der Waals surface area (Å²) in [7, 11) is 0. The highest BCUT2D eigenvalue weighted by Gasteiger charge is 2.27. The molecule has 27 heavy (non-hydrogen) atoms. The molecule has 7 nitrogen and oxygen atoms in total. The van der Waals surface area contributed by atoms with Crippen LogP contribution in [-0.2, 0) is 4.79 Å². The highest BCUT2D eigenvalue weighted by atomic mass is 35.5. The van der Waals surface area contributed by atoms with Gasteiger partial charge in [0.05, 0.1) is 10.9 Å². The van der Waals surface area contributed by atoms with E-state index in [4.69, 9.17) is 11.6 Å². The van der Waals surface area contributed by atoms with Gasteiger partial charge in [-0.15, -0.1) is 0 Å². The van der Waals surface area contributed by atoms with Crippen LogP contribution in [0.5, 0.6) is 0 Å². The fourth-order valence-corrected chi connectivity index (χ4v) is 3.82. The number of nitrogens with one attached hydrogen (secondary N) is 1. The zero-order valence-corrected chi connectivity index (χ0v) is 15.9. The Hall–Kier alpha value is -2.41. The van der Waals surface area contributed by atoms with Crippen molar-refractivity contribution in [3.63, 3.8) is 0 Å². The lowest BCUT2D eigenvalue weighted by molar-refractivity contribution is -0.120. The summed E-state index contributed by atoms with van der Waals surface area (Å²) < 4.78 is 0. The molecule has 1 atom stereocenters. The van der Waals surface area contributed by atoms with Crippen molar-refractivity contribution < 1.29 is 4.79 Å². The number of pyridine rings is 1. The molecule has 142 valence electrons. The normalized spacial score (nSPS) is 20.0. The average molecular weight is 387 g/mol. The van der Waals surface area contributed by atoms with Crippen molar-refractivity contribution in [3.8, 4) is 0 Å². The Morgan fingerprint density at radius 3 is 2.52 bits per heavy atom. The van der Waals surface area contributed by atoms with Gasteiger partial charge in [-0.25, -0.2) is 15.0 Å². The number of anilines is 3. The topological polar surface area (TPSA) is 74.2 Å². The van der Waals surface area contributed by atoms with Crippen LogP contribution in [0.1, 0.15) is 25.7 Å². The van der Waals surface area contributed by atoms with Gasteiger partial charge in [0.15, 0.2) is 0 Å². The molecule has 2 saturated heterocycles. The monoisotopic (exact) mass is 386 g/mol. The zero-order chi connectivity index (χ0) is 18.6. The van der Waals surface area contributed by atoms with E-state index in [-0.39, 0.29) is 11.8 Å². The van der Waals surface area contributed by atoms with Crippen LogP contribution in [0.3, 0.4) is 0 Å². The molecule has 2 aromatic rings. The molecule has 2 aliphatic heterocycles. The summed E-state index contributed by atoms with van der Waals surface area (Å²) in [6, 6.07) is 5.48. The van der Waals surface area contributed by atoms with E-state index >= 15 is 0 Å². The molecule has 0 spiro atoms. The van der Waals surface area contributed by atoms with E-state index in [0.717, 1.165) is 44.1 Å². The first-order valence-electron chi connectivity index (χ1n) is 9.43. The van der Waals surface area contributed by atoms with Gasteiger partial charge < -0.3 is 15.1 Å². The van der Waals surface area contributed by atoms with Gasteiger partial charge in [0.1, 0.15) is 23.8 Å². The number of carbonyl (C=O) groups is 1. The smallest absolute Gasteiger partial charge is 0.230 e. The van der Waals surface area contributed by atoms with Crippen molar-refractivity contribution in [2.45, 2.75) is 25.7 Å². The van der Waals surface area contributed by atoms with Crippen LogP contribution in [0.25, 0.3) is 0 Å². The van der Waals surface area contributed by atoms with Gasteiger partial charge in [0.2, 0.25) is 5.91 Å². The maximum Gasteiger partial charge on any atom is 0.230 e. The Bertz CT molecular complexity index is 793. The van der Waals surface area contributed by atoms with E-state index in [1.807, 2.05) is 6.07 Å². The van der Waals surface area contributed by atoms with Gasteiger partial charge in [-0.3, -0.25) is 4.79 Å². The van der Waals surface area contributed by atoms with Crippen LogP contribution < -0.4 is 15.1 Å². The third kappa shape index (κ3) is 4.30. The summed E-state index contributed by atoms with van der Waals surface area (Å²) in [5.41, 5.74) is 0. The molecule has 0 aromatic carbocycles. The number of piperidine rings is 1. The van der Waals surface area contributed by atoms with Crippen LogP contribution in [-0.4, -0.2) is 47.0 Å². The Kier molecular flexibility index (Phi) is 5.38. The highest BCUT2D eigenvalue weighted by Crippen LogP contribution is 2.26. The Labute approximate surface area is 163 Å². The maximum atomic E-state index is 12.7. The minimum Gasteiger partial charge on any atom is -0.356 e. The molecule has 2 fully saturated rings. The molecule has 0 aliphatic carbocycles.